The van der Waals surface area contributed by atoms with E-state index in [0.29, 0.717) is 19.0 Å². The summed E-state index contributed by atoms with van der Waals surface area (Å²) < 4.78 is 26.5. The monoisotopic (exact) mass is 288 g/mol. The number of nitrogens with zero attached hydrogens (tertiary/aromatic N) is 2. The molecule has 0 spiro atoms. The first-order valence-corrected chi connectivity index (χ1v) is 7.97. The van der Waals surface area contributed by atoms with Crippen LogP contribution in [0, 0.1) is 5.92 Å². The zero-order chi connectivity index (χ0) is 13.2. The van der Waals surface area contributed by atoms with Crippen molar-refractivity contribution in [2.45, 2.75) is 31.1 Å². The molecular formula is C12H17ClN2O2S. The second-order valence-electron chi connectivity index (χ2n) is 4.59. The lowest BCUT2D eigenvalue weighted by atomic mass is 9.97. The Morgan fingerprint density at radius 1 is 1.56 bits per heavy atom. The highest BCUT2D eigenvalue weighted by molar-refractivity contribution is 7.89. The average molecular weight is 289 g/mol. The van der Waals surface area contributed by atoms with Gasteiger partial charge < -0.3 is 0 Å². The highest BCUT2D eigenvalue weighted by Crippen LogP contribution is 2.28. The summed E-state index contributed by atoms with van der Waals surface area (Å²) in [6.07, 6.45) is 5.84. The number of sulfonamides is 1. The van der Waals surface area contributed by atoms with Gasteiger partial charge in [-0.1, -0.05) is 24.9 Å². The molecule has 1 fully saturated rings. The van der Waals surface area contributed by atoms with Crippen LogP contribution in [0.1, 0.15) is 26.2 Å². The second-order valence-corrected chi connectivity index (χ2v) is 6.90. The number of piperidine rings is 1. The molecule has 1 aromatic rings. The van der Waals surface area contributed by atoms with Gasteiger partial charge in [0, 0.05) is 25.5 Å². The minimum absolute atomic E-state index is 0.114. The molecule has 1 saturated heterocycles. The lowest BCUT2D eigenvalue weighted by Crippen LogP contribution is -2.39. The van der Waals surface area contributed by atoms with Crippen molar-refractivity contribution in [3.05, 3.63) is 23.5 Å². The van der Waals surface area contributed by atoms with E-state index >= 15 is 0 Å². The fourth-order valence-electron chi connectivity index (χ4n) is 2.27. The van der Waals surface area contributed by atoms with Crippen LogP contribution in [0.4, 0.5) is 0 Å². The Bertz CT molecular complexity index is 519. The summed E-state index contributed by atoms with van der Waals surface area (Å²) >= 11 is 5.95. The molecule has 0 N–H and O–H groups in total. The normalized spacial score (nSPS) is 22.0. The van der Waals surface area contributed by atoms with E-state index in [1.54, 1.807) is 0 Å². The molecule has 0 aromatic carbocycles. The van der Waals surface area contributed by atoms with E-state index in [-0.39, 0.29) is 9.92 Å². The highest BCUT2D eigenvalue weighted by atomic mass is 35.5. The molecule has 1 unspecified atom stereocenters. The quantitative estimate of drug-likeness (QED) is 0.859. The van der Waals surface area contributed by atoms with Crippen molar-refractivity contribution >= 4 is 21.6 Å². The van der Waals surface area contributed by atoms with Gasteiger partial charge in [-0.3, -0.25) is 4.98 Å². The van der Waals surface area contributed by atoms with Gasteiger partial charge in [-0.25, -0.2) is 8.42 Å². The van der Waals surface area contributed by atoms with Crippen LogP contribution in [0.25, 0.3) is 0 Å². The molecule has 2 heterocycles. The molecular weight excluding hydrogens is 272 g/mol. The van der Waals surface area contributed by atoms with Crippen molar-refractivity contribution in [1.82, 2.24) is 9.29 Å². The van der Waals surface area contributed by atoms with E-state index in [9.17, 15) is 8.42 Å². The van der Waals surface area contributed by atoms with Gasteiger partial charge >= 0.3 is 0 Å². The molecule has 1 atom stereocenters. The molecule has 4 nitrogen and oxygen atoms in total. The van der Waals surface area contributed by atoms with Crippen LogP contribution in [-0.4, -0.2) is 30.8 Å². The minimum Gasteiger partial charge on any atom is -0.263 e. The maximum atomic E-state index is 12.5. The van der Waals surface area contributed by atoms with Crippen LogP contribution in [-0.2, 0) is 10.0 Å². The summed E-state index contributed by atoms with van der Waals surface area (Å²) in [5, 5.41) is 0.239. The van der Waals surface area contributed by atoms with E-state index < -0.39 is 10.0 Å². The molecule has 1 aliphatic heterocycles. The largest absolute Gasteiger partial charge is 0.263 e. The Morgan fingerprint density at radius 3 is 3.00 bits per heavy atom. The van der Waals surface area contributed by atoms with Crippen LogP contribution >= 0.6 is 11.6 Å². The molecule has 100 valence electrons. The van der Waals surface area contributed by atoms with Gasteiger partial charge in [0.1, 0.15) is 4.90 Å². The Labute approximate surface area is 113 Å². The third-order valence-corrected chi connectivity index (χ3v) is 5.75. The molecule has 18 heavy (non-hydrogen) atoms. The van der Waals surface area contributed by atoms with Crippen molar-refractivity contribution in [3.8, 4) is 0 Å². The summed E-state index contributed by atoms with van der Waals surface area (Å²) in [5.74, 6) is 0.448. The van der Waals surface area contributed by atoms with E-state index in [0.717, 1.165) is 19.3 Å². The molecule has 1 aliphatic rings. The van der Waals surface area contributed by atoms with E-state index in [4.69, 9.17) is 11.6 Å². The van der Waals surface area contributed by atoms with Crippen LogP contribution in [0.3, 0.4) is 0 Å². The van der Waals surface area contributed by atoms with Crippen molar-refractivity contribution in [2.75, 3.05) is 13.1 Å². The van der Waals surface area contributed by atoms with Gasteiger partial charge in [0.25, 0.3) is 0 Å². The Morgan fingerprint density at radius 2 is 2.33 bits per heavy atom. The van der Waals surface area contributed by atoms with Crippen molar-refractivity contribution in [1.29, 1.82) is 0 Å². The molecule has 1 aromatic heterocycles. The van der Waals surface area contributed by atoms with Gasteiger partial charge in [-0.05, 0) is 24.8 Å². The fraction of sp³-hybridized carbons (Fsp3) is 0.583. The SMILES string of the molecule is CCC1CCCN(S(=O)(=O)c2cnccc2Cl)C1. The van der Waals surface area contributed by atoms with Gasteiger partial charge in [-0.15, -0.1) is 0 Å². The predicted octanol–water partition coefficient (Wildman–Crippen LogP) is 2.55. The minimum atomic E-state index is -3.50. The third kappa shape index (κ3) is 2.68. The van der Waals surface area contributed by atoms with Crippen LogP contribution < -0.4 is 0 Å². The van der Waals surface area contributed by atoms with Crippen LogP contribution in [0.2, 0.25) is 5.02 Å². The van der Waals surface area contributed by atoms with E-state index in [2.05, 4.69) is 11.9 Å². The smallest absolute Gasteiger partial charge is 0.246 e. The molecule has 0 bridgehead atoms. The number of aromatic nitrogens is 1. The van der Waals surface area contributed by atoms with Gasteiger partial charge in [0.15, 0.2) is 0 Å². The van der Waals surface area contributed by atoms with Crippen molar-refractivity contribution in [2.24, 2.45) is 5.92 Å². The fourth-order valence-corrected chi connectivity index (χ4v) is 4.23. The topological polar surface area (TPSA) is 50.3 Å². The molecule has 0 amide bonds. The molecule has 0 radical (unpaired) electrons. The lowest BCUT2D eigenvalue weighted by molar-refractivity contribution is 0.261. The van der Waals surface area contributed by atoms with Crippen LogP contribution in [0.15, 0.2) is 23.4 Å². The molecule has 0 aliphatic carbocycles. The Hall–Kier alpha value is -0.650. The summed E-state index contributed by atoms with van der Waals surface area (Å²) in [6, 6.07) is 1.51. The second kappa shape index (κ2) is 5.55. The summed E-state index contributed by atoms with van der Waals surface area (Å²) in [4.78, 5) is 3.97. The molecule has 6 heteroatoms. The number of pyridine rings is 1. The summed E-state index contributed by atoms with van der Waals surface area (Å²) in [7, 11) is -3.50. The first kappa shape index (κ1) is 13.8. The summed E-state index contributed by atoms with van der Waals surface area (Å²) in [6.45, 7) is 3.26. The Balaban J connectivity index is 2.29. The zero-order valence-electron chi connectivity index (χ0n) is 10.3. The molecule has 0 saturated carbocycles. The van der Waals surface area contributed by atoms with E-state index in [1.165, 1.54) is 22.8 Å². The first-order chi connectivity index (χ1) is 8.55. The lowest BCUT2D eigenvalue weighted by Gasteiger charge is -2.31. The zero-order valence-corrected chi connectivity index (χ0v) is 11.9. The standard InChI is InChI=1S/C12H17ClN2O2S/c1-2-10-4-3-7-15(9-10)18(16,17)12-8-14-6-5-11(12)13/h5-6,8,10H,2-4,7,9H2,1H3. The number of hydrogen-bond acceptors (Lipinski definition) is 3. The number of halogens is 1. The number of rotatable bonds is 3. The Kier molecular flexibility index (Phi) is 4.25. The maximum Gasteiger partial charge on any atom is 0.246 e. The maximum absolute atomic E-state index is 12.5. The van der Waals surface area contributed by atoms with Gasteiger partial charge in [-0.2, -0.15) is 4.31 Å². The van der Waals surface area contributed by atoms with E-state index in [1.807, 2.05) is 0 Å². The highest BCUT2D eigenvalue weighted by Gasteiger charge is 2.31. The first-order valence-electron chi connectivity index (χ1n) is 6.15. The predicted molar refractivity (Wildman–Crippen MR) is 71.0 cm³/mol. The van der Waals surface area contributed by atoms with Crippen molar-refractivity contribution < 1.29 is 8.42 Å². The van der Waals surface area contributed by atoms with Gasteiger partial charge in [0.2, 0.25) is 10.0 Å². The van der Waals surface area contributed by atoms with Crippen LogP contribution in [0.5, 0.6) is 0 Å². The summed E-state index contributed by atoms with van der Waals surface area (Å²) in [5.41, 5.74) is 0. The average Bonchev–Trinajstić information content (AvgIpc) is 2.39. The van der Waals surface area contributed by atoms with Crippen molar-refractivity contribution in [3.63, 3.8) is 0 Å². The third-order valence-electron chi connectivity index (χ3n) is 3.41. The van der Waals surface area contributed by atoms with Gasteiger partial charge in [0.05, 0.1) is 5.02 Å². The number of hydrogen-bond donors (Lipinski definition) is 0. The molecule has 2 rings (SSSR count).